The molecule has 1 saturated carbocycles. The van der Waals surface area contributed by atoms with E-state index >= 15 is 0 Å². The van der Waals surface area contributed by atoms with Crippen molar-refractivity contribution in [2.24, 2.45) is 5.92 Å². The van der Waals surface area contributed by atoms with Crippen LogP contribution < -0.4 is 0 Å². The summed E-state index contributed by atoms with van der Waals surface area (Å²) in [5.74, 6) is 0.652. The highest BCUT2D eigenvalue weighted by Gasteiger charge is 2.35. The van der Waals surface area contributed by atoms with E-state index in [9.17, 15) is 0 Å². The first-order chi connectivity index (χ1) is 6.76. The SMILES string of the molecule is CCOC1(OCC)CCC(CC)CC1. The minimum Gasteiger partial charge on any atom is -0.350 e. The van der Waals surface area contributed by atoms with E-state index in [1.165, 1.54) is 19.3 Å². The average molecular weight is 200 g/mol. The molecule has 0 saturated heterocycles. The minimum absolute atomic E-state index is 0.241. The topological polar surface area (TPSA) is 18.5 Å². The van der Waals surface area contributed by atoms with Gasteiger partial charge in [-0.05, 0) is 32.6 Å². The van der Waals surface area contributed by atoms with E-state index in [0.717, 1.165) is 32.0 Å². The van der Waals surface area contributed by atoms with E-state index in [2.05, 4.69) is 6.92 Å². The molecule has 0 aromatic rings. The lowest BCUT2D eigenvalue weighted by molar-refractivity contribution is -0.252. The average Bonchev–Trinajstić information content (AvgIpc) is 2.20. The van der Waals surface area contributed by atoms with Gasteiger partial charge in [0.15, 0.2) is 5.79 Å². The van der Waals surface area contributed by atoms with E-state index in [0.29, 0.717) is 0 Å². The van der Waals surface area contributed by atoms with Gasteiger partial charge in [-0.15, -0.1) is 0 Å². The maximum absolute atomic E-state index is 5.78. The molecule has 0 unspecified atom stereocenters. The fraction of sp³-hybridized carbons (Fsp3) is 1.00. The summed E-state index contributed by atoms with van der Waals surface area (Å²) in [6.45, 7) is 7.89. The van der Waals surface area contributed by atoms with Gasteiger partial charge in [-0.25, -0.2) is 0 Å². The van der Waals surface area contributed by atoms with Crippen LogP contribution in [0, 0.1) is 5.92 Å². The van der Waals surface area contributed by atoms with Crippen molar-refractivity contribution in [1.29, 1.82) is 0 Å². The molecular weight excluding hydrogens is 176 g/mol. The van der Waals surface area contributed by atoms with Crippen LogP contribution in [0.3, 0.4) is 0 Å². The quantitative estimate of drug-likeness (QED) is 0.634. The molecule has 1 fully saturated rings. The van der Waals surface area contributed by atoms with Crippen LogP contribution in [-0.4, -0.2) is 19.0 Å². The highest BCUT2D eigenvalue weighted by atomic mass is 16.7. The molecule has 14 heavy (non-hydrogen) atoms. The summed E-state index contributed by atoms with van der Waals surface area (Å²) in [6, 6.07) is 0. The molecule has 2 nitrogen and oxygen atoms in total. The van der Waals surface area contributed by atoms with E-state index in [4.69, 9.17) is 9.47 Å². The summed E-state index contributed by atoms with van der Waals surface area (Å²) >= 11 is 0. The first-order valence-corrected chi connectivity index (χ1v) is 6.04. The lowest BCUT2D eigenvalue weighted by Gasteiger charge is -2.39. The molecule has 0 spiro atoms. The van der Waals surface area contributed by atoms with Crippen molar-refractivity contribution in [3.63, 3.8) is 0 Å². The minimum atomic E-state index is -0.241. The molecule has 0 heterocycles. The summed E-state index contributed by atoms with van der Waals surface area (Å²) in [5.41, 5.74) is 0. The molecule has 1 rings (SSSR count). The molecule has 0 aromatic heterocycles. The fourth-order valence-electron chi connectivity index (χ4n) is 2.38. The van der Waals surface area contributed by atoms with Crippen molar-refractivity contribution in [2.45, 2.75) is 58.7 Å². The summed E-state index contributed by atoms with van der Waals surface area (Å²) < 4.78 is 11.6. The Morgan fingerprint density at radius 1 is 1.00 bits per heavy atom. The maximum atomic E-state index is 5.78. The van der Waals surface area contributed by atoms with Crippen molar-refractivity contribution in [2.75, 3.05) is 13.2 Å². The Kier molecular flexibility index (Phi) is 4.90. The van der Waals surface area contributed by atoms with E-state index in [1.807, 2.05) is 13.8 Å². The van der Waals surface area contributed by atoms with E-state index < -0.39 is 0 Å². The molecule has 0 amide bonds. The molecular formula is C12H24O2. The number of hydrogen-bond donors (Lipinski definition) is 0. The van der Waals surface area contributed by atoms with Gasteiger partial charge < -0.3 is 9.47 Å². The van der Waals surface area contributed by atoms with Gasteiger partial charge >= 0.3 is 0 Å². The number of ether oxygens (including phenoxy) is 2. The van der Waals surface area contributed by atoms with Crippen molar-refractivity contribution >= 4 is 0 Å². The Morgan fingerprint density at radius 3 is 1.86 bits per heavy atom. The van der Waals surface area contributed by atoms with Gasteiger partial charge in [0.05, 0.1) is 0 Å². The fourth-order valence-corrected chi connectivity index (χ4v) is 2.38. The zero-order valence-corrected chi connectivity index (χ0v) is 9.84. The molecule has 84 valence electrons. The molecule has 0 N–H and O–H groups in total. The van der Waals surface area contributed by atoms with Gasteiger partial charge in [0.25, 0.3) is 0 Å². The van der Waals surface area contributed by atoms with Crippen molar-refractivity contribution in [3.8, 4) is 0 Å². The molecule has 0 bridgehead atoms. The van der Waals surface area contributed by atoms with Gasteiger partial charge in [-0.1, -0.05) is 13.3 Å². The Bertz CT molecular complexity index is 140. The maximum Gasteiger partial charge on any atom is 0.168 e. The third-order valence-electron chi connectivity index (χ3n) is 3.26. The van der Waals surface area contributed by atoms with Crippen LogP contribution in [0.25, 0.3) is 0 Å². The van der Waals surface area contributed by atoms with Gasteiger partial charge in [-0.2, -0.15) is 0 Å². The second kappa shape index (κ2) is 5.72. The van der Waals surface area contributed by atoms with Crippen LogP contribution in [0.1, 0.15) is 52.9 Å². The monoisotopic (exact) mass is 200 g/mol. The molecule has 0 aromatic carbocycles. The summed E-state index contributed by atoms with van der Waals surface area (Å²) in [5, 5.41) is 0. The van der Waals surface area contributed by atoms with Crippen LogP contribution in [0.4, 0.5) is 0 Å². The van der Waals surface area contributed by atoms with E-state index in [1.54, 1.807) is 0 Å². The molecule has 1 aliphatic carbocycles. The van der Waals surface area contributed by atoms with Crippen LogP contribution in [0.2, 0.25) is 0 Å². The van der Waals surface area contributed by atoms with Gasteiger partial charge in [0.2, 0.25) is 0 Å². The first kappa shape index (κ1) is 12.0. The van der Waals surface area contributed by atoms with Crippen LogP contribution >= 0.6 is 0 Å². The smallest absolute Gasteiger partial charge is 0.168 e. The van der Waals surface area contributed by atoms with Gasteiger partial charge in [-0.3, -0.25) is 0 Å². The second-order valence-electron chi connectivity index (χ2n) is 4.13. The van der Waals surface area contributed by atoms with Crippen LogP contribution in [0.15, 0.2) is 0 Å². The van der Waals surface area contributed by atoms with E-state index in [-0.39, 0.29) is 5.79 Å². The summed E-state index contributed by atoms with van der Waals surface area (Å²) in [7, 11) is 0. The van der Waals surface area contributed by atoms with Crippen LogP contribution in [-0.2, 0) is 9.47 Å². The second-order valence-corrected chi connectivity index (χ2v) is 4.13. The van der Waals surface area contributed by atoms with Crippen molar-refractivity contribution in [3.05, 3.63) is 0 Å². The lowest BCUT2D eigenvalue weighted by Crippen LogP contribution is -2.40. The van der Waals surface area contributed by atoms with Gasteiger partial charge in [0.1, 0.15) is 0 Å². The largest absolute Gasteiger partial charge is 0.350 e. The predicted octanol–water partition coefficient (Wildman–Crippen LogP) is 3.36. The number of rotatable bonds is 5. The predicted molar refractivity (Wildman–Crippen MR) is 58.2 cm³/mol. The molecule has 0 aliphatic heterocycles. The first-order valence-electron chi connectivity index (χ1n) is 6.04. The molecule has 2 heteroatoms. The summed E-state index contributed by atoms with van der Waals surface area (Å²) in [6.07, 6.45) is 5.97. The Hall–Kier alpha value is -0.0800. The molecule has 0 radical (unpaired) electrons. The van der Waals surface area contributed by atoms with Crippen LogP contribution in [0.5, 0.6) is 0 Å². The normalized spacial score (nSPS) is 22.5. The zero-order valence-electron chi connectivity index (χ0n) is 9.84. The highest BCUT2D eigenvalue weighted by molar-refractivity contribution is 4.79. The standard InChI is InChI=1S/C12H24O2/c1-4-11-7-9-12(10-8-11,13-5-2)14-6-3/h11H,4-10H2,1-3H3. The molecule has 1 aliphatic rings. The number of hydrogen-bond acceptors (Lipinski definition) is 2. The Balaban J connectivity index is 2.45. The zero-order chi connectivity index (χ0) is 10.4. The summed E-state index contributed by atoms with van der Waals surface area (Å²) in [4.78, 5) is 0. The third kappa shape index (κ3) is 2.96. The van der Waals surface area contributed by atoms with Crippen molar-refractivity contribution < 1.29 is 9.47 Å². The van der Waals surface area contributed by atoms with Gasteiger partial charge in [0, 0.05) is 26.1 Å². The highest BCUT2D eigenvalue weighted by Crippen LogP contribution is 2.36. The van der Waals surface area contributed by atoms with Crippen molar-refractivity contribution in [1.82, 2.24) is 0 Å². The molecule has 0 atom stereocenters. The lowest BCUT2D eigenvalue weighted by atomic mass is 9.83. The Labute approximate surface area is 88.0 Å². The Morgan fingerprint density at radius 2 is 1.50 bits per heavy atom. The third-order valence-corrected chi connectivity index (χ3v) is 3.26.